The first kappa shape index (κ1) is 64.8. The van der Waals surface area contributed by atoms with Crippen LogP contribution in [0.1, 0.15) is 237 Å². The number of hydrogen-bond acceptors (Lipinski definition) is 5. The zero-order valence-electron chi connectivity index (χ0n) is 46.4. The summed E-state index contributed by atoms with van der Waals surface area (Å²) in [7, 11) is -2.50. The zero-order valence-corrected chi connectivity index (χ0v) is 48.4. The first-order chi connectivity index (χ1) is 33.5. The molecule has 0 amide bonds. The molecule has 0 bridgehead atoms. The minimum atomic E-state index is -1.44. The van der Waals surface area contributed by atoms with Crippen molar-refractivity contribution in [1.82, 2.24) is 0 Å². The Bertz CT molecular complexity index is 1420. The molecular weight excluding hydrogens is 881 g/mol. The van der Waals surface area contributed by atoms with Crippen molar-refractivity contribution in [3.63, 3.8) is 0 Å². The molecule has 0 unspecified atom stereocenters. The predicted molar refractivity (Wildman–Crippen MR) is 306 cm³/mol. The van der Waals surface area contributed by atoms with E-state index in [2.05, 4.69) is 40.0 Å². The highest BCUT2D eigenvalue weighted by molar-refractivity contribution is 6.77. The Morgan fingerprint density at radius 1 is 0.435 bits per heavy atom. The van der Waals surface area contributed by atoms with E-state index in [1.165, 1.54) is 218 Å². The highest BCUT2D eigenvalue weighted by Crippen LogP contribution is 2.23. The normalized spacial score (nSPS) is 12.1. The molecule has 0 aliphatic rings. The fourth-order valence-electron chi connectivity index (χ4n) is 9.54. The smallest absolute Gasteiger partial charge is 0.309 e. The van der Waals surface area contributed by atoms with Crippen molar-refractivity contribution in [2.75, 3.05) is 13.2 Å². The quantitative estimate of drug-likeness (QED) is 0.0406. The maximum Gasteiger partial charge on any atom is 0.309 e. The molecule has 2 aromatic carbocycles. The van der Waals surface area contributed by atoms with Gasteiger partial charge in [-0.3, -0.25) is 9.59 Å². The molecule has 0 aliphatic carbocycles. The first-order valence-electron chi connectivity index (χ1n) is 29.5. The summed E-state index contributed by atoms with van der Waals surface area (Å²) in [5.74, 6) is -1.20. The number of rotatable bonds is 46. The second-order valence-corrected chi connectivity index (χ2v) is 33.2. The van der Waals surface area contributed by atoms with Gasteiger partial charge in [-0.25, -0.2) is 0 Å². The lowest BCUT2D eigenvalue weighted by Crippen LogP contribution is -2.29. The van der Waals surface area contributed by atoms with Crippen LogP contribution in [0, 0.1) is 5.92 Å². The average molecular weight is 994 g/mol. The van der Waals surface area contributed by atoms with Crippen LogP contribution in [0.2, 0.25) is 50.4 Å². The third kappa shape index (κ3) is 42.0. The number of esters is 2. The van der Waals surface area contributed by atoms with Crippen LogP contribution in [-0.4, -0.2) is 46.4 Å². The first-order valence-corrected chi connectivity index (χ1v) is 36.4. The van der Waals surface area contributed by atoms with Gasteiger partial charge in [-0.1, -0.05) is 318 Å². The van der Waals surface area contributed by atoms with Gasteiger partial charge >= 0.3 is 11.9 Å². The maximum absolute atomic E-state index is 13.1. The van der Waals surface area contributed by atoms with Crippen molar-refractivity contribution in [3.05, 3.63) is 71.8 Å². The SMILES string of the molecule is CCCCCCCCCCCCCCCCCC[Si](C)(C)CCO.CCCCCCCCCCCCCCCCCC[Si](C)(C)CCOC(=O)[C@@H](CC(=O)OCc1ccccc1)Cc1ccccc1. The molecule has 0 saturated carbocycles. The molecule has 1 atom stereocenters. The fraction of sp³-hybridized carbons (Fsp3) is 0.774. The Morgan fingerprint density at radius 3 is 1.13 bits per heavy atom. The van der Waals surface area contributed by atoms with Gasteiger partial charge in [0.15, 0.2) is 0 Å². The molecule has 0 fully saturated rings. The van der Waals surface area contributed by atoms with Crippen LogP contribution in [0.15, 0.2) is 60.7 Å². The highest BCUT2D eigenvalue weighted by Gasteiger charge is 2.27. The van der Waals surface area contributed by atoms with Crippen LogP contribution in [0.25, 0.3) is 0 Å². The molecule has 7 heteroatoms. The number of aliphatic hydroxyl groups excluding tert-OH is 1. The number of aliphatic hydroxyl groups is 1. The Balaban J connectivity index is 0.000000838. The largest absolute Gasteiger partial charge is 0.466 e. The van der Waals surface area contributed by atoms with Crippen molar-refractivity contribution >= 4 is 28.1 Å². The van der Waals surface area contributed by atoms with Crippen molar-refractivity contribution in [2.24, 2.45) is 5.92 Å². The van der Waals surface area contributed by atoms with Gasteiger partial charge in [0.05, 0.1) is 27.0 Å². The summed E-state index contributed by atoms with van der Waals surface area (Å²) in [5, 5.41) is 9.07. The molecule has 2 aromatic rings. The van der Waals surface area contributed by atoms with Gasteiger partial charge in [0.2, 0.25) is 0 Å². The van der Waals surface area contributed by atoms with Crippen LogP contribution in [0.4, 0.5) is 0 Å². The summed E-state index contributed by atoms with van der Waals surface area (Å²) in [6.45, 7) is 15.3. The van der Waals surface area contributed by atoms with Gasteiger partial charge in [0, 0.05) is 14.7 Å². The monoisotopic (exact) mass is 993 g/mol. The molecule has 0 spiro atoms. The number of hydrogen-bond donors (Lipinski definition) is 1. The van der Waals surface area contributed by atoms with Gasteiger partial charge in [0.1, 0.15) is 6.61 Å². The molecule has 398 valence electrons. The molecule has 5 nitrogen and oxygen atoms in total. The van der Waals surface area contributed by atoms with Gasteiger partial charge in [-0.05, 0) is 29.6 Å². The summed E-state index contributed by atoms with van der Waals surface area (Å²) in [6.07, 6.45) is 45.9. The summed E-state index contributed by atoms with van der Waals surface area (Å²) < 4.78 is 11.3. The molecule has 0 aromatic heterocycles. The topological polar surface area (TPSA) is 72.8 Å². The van der Waals surface area contributed by atoms with Crippen LogP contribution in [-0.2, 0) is 32.1 Å². The van der Waals surface area contributed by atoms with Crippen molar-refractivity contribution in [2.45, 2.75) is 289 Å². The Kier molecular flexibility index (Phi) is 42.8. The zero-order chi connectivity index (χ0) is 50.4. The van der Waals surface area contributed by atoms with Gasteiger partial charge in [-0.2, -0.15) is 0 Å². The fourth-order valence-corrected chi connectivity index (χ4v) is 13.7. The van der Waals surface area contributed by atoms with Gasteiger partial charge in [-0.15, -0.1) is 0 Å². The average Bonchev–Trinajstić information content (AvgIpc) is 3.33. The van der Waals surface area contributed by atoms with Crippen LogP contribution < -0.4 is 0 Å². The number of carbonyl (C=O) groups excluding carboxylic acids is 2. The maximum atomic E-state index is 13.1. The van der Waals surface area contributed by atoms with Crippen LogP contribution in [0.3, 0.4) is 0 Å². The molecular formula is C62H112O5Si2. The number of carbonyl (C=O) groups is 2. The van der Waals surface area contributed by atoms with E-state index in [1.54, 1.807) is 0 Å². The summed E-state index contributed by atoms with van der Waals surface area (Å²) >= 11 is 0. The summed E-state index contributed by atoms with van der Waals surface area (Å²) in [4.78, 5) is 25.8. The molecule has 0 heterocycles. The van der Waals surface area contributed by atoms with E-state index in [1.807, 2.05) is 60.7 Å². The van der Waals surface area contributed by atoms with E-state index in [0.717, 1.165) is 23.2 Å². The molecule has 0 aliphatic heterocycles. The minimum Gasteiger partial charge on any atom is -0.466 e. The van der Waals surface area contributed by atoms with E-state index in [0.29, 0.717) is 19.6 Å². The molecule has 2 rings (SSSR count). The lowest BCUT2D eigenvalue weighted by molar-refractivity contribution is -0.155. The third-order valence-corrected chi connectivity index (χ3v) is 21.1. The molecule has 0 saturated heterocycles. The Morgan fingerprint density at radius 2 is 0.768 bits per heavy atom. The second kappa shape index (κ2) is 45.6. The van der Waals surface area contributed by atoms with E-state index in [9.17, 15) is 9.59 Å². The van der Waals surface area contributed by atoms with Gasteiger partial charge < -0.3 is 14.6 Å². The second-order valence-electron chi connectivity index (χ2n) is 22.6. The van der Waals surface area contributed by atoms with E-state index >= 15 is 0 Å². The van der Waals surface area contributed by atoms with Crippen molar-refractivity contribution in [1.29, 1.82) is 0 Å². The summed E-state index contributed by atoms with van der Waals surface area (Å²) in [6, 6.07) is 24.2. The van der Waals surface area contributed by atoms with Crippen LogP contribution >= 0.6 is 0 Å². The summed E-state index contributed by atoms with van der Waals surface area (Å²) in [5.41, 5.74) is 1.96. The Labute approximate surface area is 430 Å². The molecule has 69 heavy (non-hydrogen) atoms. The minimum absolute atomic E-state index is 0.0283. The van der Waals surface area contributed by atoms with E-state index < -0.39 is 22.1 Å². The van der Waals surface area contributed by atoms with E-state index in [-0.39, 0.29) is 25.0 Å². The number of unbranched alkanes of at least 4 members (excludes halogenated alkanes) is 30. The van der Waals surface area contributed by atoms with Crippen LogP contribution in [0.5, 0.6) is 0 Å². The number of ether oxygens (including phenoxy) is 2. The van der Waals surface area contributed by atoms with Gasteiger partial charge in [0.25, 0.3) is 0 Å². The van der Waals surface area contributed by atoms with Crippen molar-refractivity contribution < 1.29 is 24.2 Å². The third-order valence-electron chi connectivity index (χ3n) is 14.5. The Hall–Kier alpha value is -2.23. The standard InChI is InChI=1S/C40H64O4Si.C22H48OSi/c1-4-5-6-7-8-9-10-11-12-13-14-15-16-17-18-25-31-45(2,3)32-30-43-40(42)38(33-36-26-21-19-22-27-36)34-39(41)44-35-37-28-23-20-24-29-37;1-4-5-6-7-8-9-10-11-12-13-14-15-16-17-18-19-21-24(2,3)22-20-23/h19-24,26-29,38H,4-18,25,30-35H2,1-3H3;23H,4-22H2,1-3H3/t38-;/m1./s1. The highest BCUT2D eigenvalue weighted by atomic mass is 28.3. The van der Waals surface area contributed by atoms with Crippen molar-refractivity contribution in [3.8, 4) is 0 Å². The lowest BCUT2D eigenvalue weighted by Gasteiger charge is -2.23. The van der Waals surface area contributed by atoms with E-state index in [4.69, 9.17) is 14.6 Å². The molecule has 1 N–H and O–H groups in total. The molecule has 0 radical (unpaired) electrons. The lowest BCUT2D eigenvalue weighted by atomic mass is 9.96. The number of benzene rings is 2. The predicted octanol–water partition coefficient (Wildman–Crippen LogP) is 19.4.